The zero-order valence-corrected chi connectivity index (χ0v) is 14.9. The van der Waals surface area contributed by atoms with Gasteiger partial charge < -0.3 is 24.6 Å². The number of carbonyl (C=O) groups is 1. The third kappa shape index (κ3) is 4.36. The molecular formula is C19H24N4O3. The van der Waals surface area contributed by atoms with E-state index in [9.17, 15) is 9.90 Å². The minimum absolute atomic E-state index is 0.0728. The van der Waals surface area contributed by atoms with Crippen LogP contribution in [0, 0.1) is 0 Å². The van der Waals surface area contributed by atoms with E-state index in [-0.39, 0.29) is 11.7 Å². The van der Waals surface area contributed by atoms with Crippen LogP contribution in [0.5, 0.6) is 5.75 Å². The lowest BCUT2D eigenvalue weighted by atomic mass is 10.2. The van der Waals surface area contributed by atoms with Crippen LogP contribution in [-0.4, -0.2) is 59.5 Å². The topological polar surface area (TPSA) is 81.3 Å². The molecule has 2 N–H and O–H groups in total. The number of phenolic OH excluding ortho intramolecular Hbond substituents is 1. The molecule has 1 aliphatic rings. The number of hydrogen-bond acceptors (Lipinski definition) is 4. The SMILES string of the molecule is CCNC(=NCc1cccc(O)c1)N1CCN(C(=O)c2ccco2)CC1. The average molecular weight is 356 g/mol. The molecule has 0 saturated carbocycles. The number of piperazine rings is 1. The Morgan fingerprint density at radius 2 is 1.96 bits per heavy atom. The molecule has 1 aromatic carbocycles. The van der Waals surface area contributed by atoms with Gasteiger partial charge in [0.1, 0.15) is 5.75 Å². The number of amides is 1. The first-order valence-electron chi connectivity index (χ1n) is 8.81. The van der Waals surface area contributed by atoms with Crippen molar-refractivity contribution in [3.8, 4) is 5.75 Å². The van der Waals surface area contributed by atoms with Crippen LogP contribution in [0.2, 0.25) is 0 Å². The van der Waals surface area contributed by atoms with Gasteiger partial charge in [0.2, 0.25) is 0 Å². The Hall–Kier alpha value is -2.96. The molecule has 3 rings (SSSR count). The van der Waals surface area contributed by atoms with E-state index < -0.39 is 0 Å². The molecule has 1 aromatic heterocycles. The Morgan fingerprint density at radius 1 is 1.19 bits per heavy atom. The molecule has 0 radical (unpaired) electrons. The van der Waals surface area contributed by atoms with Crippen LogP contribution in [0.25, 0.3) is 0 Å². The molecule has 0 atom stereocenters. The van der Waals surface area contributed by atoms with Gasteiger partial charge >= 0.3 is 0 Å². The first kappa shape index (κ1) is 17.8. The van der Waals surface area contributed by atoms with Crippen molar-refractivity contribution in [2.75, 3.05) is 32.7 Å². The number of guanidine groups is 1. The predicted octanol–water partition coefficient (Wildman–Crippen LogP) is 1.91. The lowest BCUT2D eigenvalue weighted by Gasteiger charge is -2.36. The second-order valence-electron chi connectivity index (χ2n) is 6.10. The lowest BCUT2D eigenvalue weighted by molar-refractivity contribution is 0.0657. The highest BCUT2D eigenvalue weighted by Gasteiger charge is 2.25. The summed E-state index contributed by atoms with van der Waals surface area (Å²) in [6.45, 7) is 5.94. The fourth-order valence-corrected chi connectivity index (χ4v) is 2.92. The van der Waals surface area contributed by atoms with Gasteiger partial charge in [-0.1, -0.05) is 12.1 Å². The lowest BCUT2D eigenvalue weighted by Crippen LogP contribution is -2.53. The van der Waals surface area contributed by atoms with Crippen molar-refractivity contribution in [3.63, 3.8) is 0 Å². The van der Waals surface area contributed by atoms with Crippen molar-refractivity contribution in [1.29, 1.82) is 0 Å². The smallest absolute Gasteiger partial charge is 0.289 e. The number of phenols is 1. The van der Waals surface area contributed by atoms with Gasteiger partial charge in [-0.3, -0.25) is 4.79 Å². The van der Waals surface area contributed by atoms with Crippen molar-refractivity contribution >= 4 is 11.9 Å². The summed E-state index contributed by atoms with van der Waals surface area (Å²) in [5.41, 5.74) is 0.951. The standard InChI is InChI=1S/C19H24N4O3/c1-2-20-19(21-14-15-5-3-6-16(24)13-15)23-10-8-22(9-11-23)18(25)17-7-4-12-26-17/h3-7,12-13,24H,2,8-11,14H2,1H3,(H,20,21). The van der Waals surface area contributed by atoms with E-state index in [1.54, 1.807) is 29.2 Å². The number of benzene rings is 1. The summed E-state index contributed by atoms with van der Waals surface area (Å²) in [5, 5.41) is 12.9. The number of nitrogens with one attached hydrogen (secondary N) is 1. The zero-order chi connectivity index (χ0) is 18.4. The minimum atomic E-state index is -0.0728. The van der Waals surface area contributed by atoms with Crippen LogP contribution >= 0.6 is 0 Å². The van der Waals surface area contributed by atoms with E-state index in [4.69, 9.17) is 4.42 Å². The molecule has 7 nitrogen and oxygen atoms in total. The highest BCUT2D eigenvalue weighted by atomic mass is 16.3. The molecule has 2 aromatic rings. The quantitative estimate of drug-likeness (QED) is 0.646. The molecule has 0 bridgehead atoms. The summed E-state index contributed by atoms with van der Waals surface area (Å²) in [6, 6.07) is 10.5. The zero-order valence-electron chi connectivity index (χ0n) is 14.9. The highest BCUT2D eigenvalue weighted by molar-refractivity contribution is 5.91. The first-order valence-corrected chi connectivity index (χ1v) is 8.81. The Labute approximate surface area is 152 Å². The van der Waals surface area contributed by atoms with E-state index in [0.29, 0.717) is 38.5 Å². The normalized spacial score (nSPS) is 15.2. The van der Waals surface area contributed by atoms with E-state index in [1.165, 1.54) is 6.26 Å². The van der Waals surface area contributed by atoms with Crippen molar-refractivity contribution < 1.29 is 14.3 Å². The van der Waals surface area contributed by atoms with Gasteiger partial charge in [0.15, 0.2) is 11.7 Å². The fraction of sp³-hybridized carbons (Fsp3) is 0.368. The number of carbonyl (C=O) groups excluding carboxylic acids is 1. The summed E-state index contributed by atoms with van der Waals surface area (Å²) in [4.78, 5) is 21.0. The third-order valence-electron chi connectivity index (χ3n) is 4.26. The van der Waals surface area contributed by atoms with Gasteiger partial charge in [-0.2, -0.15) is 0 Å². The van der Waals surface area contributed by atoms with E-state index >= 15 is 0 Å². The molecule has 1 aliphatic heterocycles. The Bertz CT molecular complexity index is 750. The summed E-state index contributed by atoms with van der Waals surface area (Å²) in [5.74, 6) is 1.37. The maximum atomic E-state index is 12.3. The van der Waals surface area contributed by atoms with E-state index in [2.05, 4.69) is 15.2 Å². The maximum absolute atomic E-state index is 12.3. The molecule has 1 fully saturated rings. The molecule has 0 aliphatic carbocycles. The Morgan fingerprint density at radius 3 is 2.62 bits per heavy atom. The molecule has 0 unspecified atom stereocenters. The Kier molecular flexibility index (Phi) is 5.78. The molecule has 26 heavy (non-hydrogen) atoms. The molecule has 138 valence electrons. The number of hydrogen-bond donors (Lipinski definition) is 2. The molecule has 1 saturated heterocycles. The monoisotopic (exact) mass is 356 g/mol. The first-order chi connectivity index (χ1) is 12.7. The van der Waals surface area contributed by atoms with Gasteiger partial charge in [-0.05, 0) is 36.8 Å². The minimum Gasteiger partial charge on any atom is -0.508 e. The molecule has 7 heteroatoms. The van der Waals surface area contributed by atoms with Gasteiger partial charge in [-0.25, -0.2) is 4.99 Å². The largest absolute Gasteiger partial charge is 0.508 e. The molecule has 2 heterocycles. The van der Waals surface area contributed by atoms with Crippen LogP contribution in [0.4, 0.5) is 0 Å². The second-order valence-corrected chi connectivity index (χ2v) is 6.10. The number of rotatable bonds is 4. The molecule has 0 spiro atoms. The van der Waals surface area contributed by atoms with Crippen molar-refractivity contribution in [3.05, 3.63) is 54.0 Å². The van der Waals surface area contributed by atoms with Crippen molar-refractivity contribution in [1.82, 2.24) is 15.1 Å². The van der Waals surface area contributed by atoms with Gasteiger partial charge in [0.25, 0.3) is 5.91 Å². The molecular weight excluding hydrogens is 332 g/mol. The fourth-order valence-electron chi connectivity index (χ4n) is 2.92. The van der Waals surface area contributed by atoms with Gasteiger partial charge in [0, 0.05) is 32.7 Å². The second kappa shape index (κ2) is 8.42. The van der Waals surface area contributed by atoms with Gasteiger partial charge in [-0.15, -0.1) is 0 Å². The van der Waals surface area contributed by atoms with Crippen LogP contribution in [0.15, 0.2) is 52.1 Å². The van der Waals surface area contributed by atoms with E-state index in [0.717, 1.165) is 18.1 Å². The number of nitrogens with zero attached hydrogens (tertiary/aromatic N) is 3. The van der Waals surface area contributed by atoms with Crippen LogP contribution in [-0.2, 0) is 6.54 Å². The summed E-state index contributed by atoms with van der Waals surface area (Å²) >= 11 is 0. The number of aromatic hydroxyl groups is 1. The Balaban J connectivity index is 1.61. The van der Waals surface area contributed by atoms with E-state index in [1.807, 2.05) is 19.1 Å². The predicted molar refractivity (Wildman–Crippen MR) is 99.1 cm³/mol. The molecule has 1 amide bonds. The highest BCUT2D eigenvalue weighted by Crippen LogP contribution is 2.13. The maximum Gasteiger partial charge on any atom is 0.289 e. The van der Waals surface area contributed by atoms with Crippen molar-refractivity contribution in [2.45, 2.75) is 13.5 Å². The van der Waals surface area contributed by atoms with Crippen LogP contribution < -0.4 is 5.32 Å². The van der Waals surface area contributed by atoms with Crippen LogP contribution in [0.3, 0.4) is 0 Å². The average Bonchev–Trinajstić information content (AvgIpc) is 3.19. The summed E-state index contributed by atoms with van der Waals surface area (Å²) in [6.07, 6.45) is 1.51. The third-order valence-corrected chi connectivity index (χ3v) is 4.26. The van der Waals surface area contributed by atoms with Crippen LogP contribution in [0.1, 0.15) is 23.0 Å². The summed E-state index contributed by atoms with van der Waals surface area (Å²) < 4.78 is 5.20. The summed E-state index contributed by atoms with van der Waals surface area (Å²) in [7, 11) is 0. The van der Waals surface area contributed by atoms with Crippen molar-refractivity contribution in [2.24, 2.45) is 4.99 Å². The number of aliphatic imine (C=N–C) groups is 1. The number of furan rings is 1. The van der Waals surface area contributed by atoms with Gasteiger partial charge in [0.05, 0.1) is 12.8 Å².